The fraction of sp³-hybridized carbons (Fsp3) is 0.706. The molecule has 0 spiro atoms. The van der Waals surface area contributed by atoms with Crippen LogP contribution in [0.1, 0.15) is 65.9 Å². The molecule has 8 atom stereocenters. The average molecular weight is 696 g/mol. The quantitative estimate of drug-likeness (QED) is 0.206. The fourth-order valence-corrected chi connectivity index (χ4v) is 6.95. The summed E-state index contributed by atoms with van der Waals surface area (Å²) in [4.78, 5) is 57.1. The molecule has 1 aliphatic rings. The van der Waals surface area contributed by atoms with E-state index in [1.165, 1.54) is 14.2 Å². The molecule has 0 radical (unpaired) electrons. The predicted octanol–water partition coefficient (Wildman–Crippen LogP) is 1.69. The van der Waals surface area contributed by atoms with Gasteiger partial charge in [0.15, 0.2) is 0 Å². The molecule has 4 N–H and O–H groups in total. The third-order valence-corrected chi connectivity index (χ3v) is 10.0. The fourth-order valence-electron chi connectivity index (χ4n) is 6.44. The average Bonchev–Trinajstić information content (AvgIpc) is 3.52. The van der Waals surface area contributed by atoms with Gasteiger partial charge in [0.1, 0.15) is 6.04 Å². The molecular weight excluding hydrogens is 638 g/mol. The number of rotatable bonds is 18. The first-order valence-electron chi connectivity index (χ1n) is 16.7. The number of ether oxygens (including phenoxy) is 2. The van der Waals surface area contributed by atoms with E-state index in [-0.39, 0.29) is 36.5 Å². The minimum Gasteiger partial charge on any atom is -0.379 e. The van der Waals surface area contributed by atoms with Crippen molar-refractivity contribution in [2.75, 3.05) is 34.1 Å². The minimum atomic E-state index is -3.87. The molecule has 13 nitrogen and oxygen atoms in total. The molecule has 0 saturated carbocycles. The second-order valence-corrected chi connectivity index (χ2v) is 15.1. The number of likely N-dealkylation sites (tertiary alicyclic amines) is 1. The number of sulfonamides is 1. The van der Waals surface area contributed by atoms with Crippen molar-refractivity contribution in [3.8, 4) is 0 Å². The Bertz CT molecular complexity index is 1330. The van der Waals surface area contributed by atoms with Crippen molar-refractivity contribution in [3.05, 3.63) is 35.9 Å². The summed E-state index contributed by atoms with van der Waals surface area (Å²) in [6.45, 7) is 9.94. The molecule has 1 heterocycles. The molecule has 0 aromatic heterocycles. The number of hydrogen-bond donors (Lipinski definition) is 3. The van der Waals surface area contributed by atoms with Crippen LogP contribution in [0.3, 0.4) is 0 Å². The Balaban J connectivity index is 2.26. The second kappa shape index (κ2) is 18.6. The van der Waals surface area contributed by atoms with Gasteiger partial charge >= 0.3 is 0 Å². The highest BCUT2D eigenvalue weighted by atomic mass is 32.2. The van der Waals surface area contributed by atoms with Gasteiger partial charge in [0.2, 0.25) is 27.7 Å². The number of likely N-dealkylation sites (N-methyl/N-ethyl adjacent to an activating group) is 1. The first-order valence-corrected chi connectivity index (χ1v) is 18.6. The highest BCUT2D eigenvalue weighted by molar-refractivity contribution is 7.89. The van der Waals surface area contributed by atoms with Crippen LogP contribution >= 0.6 is 0 Å². The van der Waals surface area contributed by atoms with E-state index in [1.807, 2.05) is 38.5 Å². The van der Waals surface area contributed by atoms with E-state index < -0.39 is 64.1 Å². The van der Waals surface area contributed by atoms with Crippen molar-refractivity contribution >= 4 is 33.7 Å². The number of hydrogen-bond acceptors (Lipinski definition) is 9. The van der Waals surface area contributed by atoms with Gasteiger partial charge in [-0.05, 0) is 30.2 Å². The zero-order valence-electron chi connectivity index (χ0n) is 30.0. The first-order chi connectivity index (χ1) is 22.5. The van der Waals surface area contributed by atoms with E-state index in [0.717, 1.165) is 18.2 Å². The van der Waals surface area contributed by atoms with Crippen molar-refractivity contribution in [2.24, 2.45) is 23.5 Å². The molecule has 48 heavy (non-hydrogen) atoms. The zero-order valence-corrected chi connectivity index (χ0v) is 30.8. The highest BCUT2D eigenvalue weighted by Crippen LogP contribution is 2.29. The van der Waals surface area contributed by atoms with Gasteiger partial charge in [-0.15, -0.1) is 0 Å². The van der Waals surface area contributed by atoms with Gasteiger partial charge in [-0.1, -0.05) is 71.4 Å². The Morgan fingerprint density at radius 3 is 2.19 bits per heavy atom. The standard InChI is InChI=1S/C34H57N5O8S/c1-10-22(4)30(38(6)34(43)29(35)21(2)3)27(46-7)20-28(40)39-18-14-17-26(39)31(47-8)23(5)32(41)36-25(33(42)37-48(9,44)45)19-24-15-12-11-13-16-24/h11-13,15-16,21-23,25-27,29-31H,10,14,17-20,35H2,1-9H3,(H,36,41)(H,37,42)/t22-,23+,25-,26-,27+,29-,30-,31+/m0/s1. The Kier molecular flexibility index (Phi) is 15.9. The zero-order chi connectivity index (χ0) is 36.3. The van der Waals surface area contributed by atoms with Crippen LogP contribution in [-0.2, 0) is 45.1 Å². The van der Waals surface area contributed by atoms with Crippen LogP contribution in [0.15, 0.2) is 30.3 Å². The number of nitrogens with zero attached hydrogens (tertiary/aromatic N) is 2. The number of amides is 4. The monoisotopic (exact) mass is 695 g/mol. The number of carbonyl (C=O) groups excluding carboxylic acids is 4. The molecule has 14 heteroatoms. The molecule has 1 aromatic carbocycles. The third kappa shape index (κ3) is 11.2. The number of nitrogens with one attached hydrogen (secondary N) is 2. The summed E-state index contributed by atoms with van der Waals surface area (Å²) in [6.07, 6.45) is 1.69. The molecule has 1 saturated heterocycles. The SMILES string of the molecule is CC[C@H](C)[C@@H]([C@@H](CC(=O)N1CCC[C@H]1[C@H](OC)[C@@H](C)C(=O)N[C@@H](Cc1ccccc1)C(=O)NS(C)(=O)=O)OC)N(C)C(=O)[C@@H](N)C(C)C. The summed E-state index contributed by atoms with van der Waals surface area (Å²) in [6, 6.07) is 6.26. The van der Waals surface area contributed by atoms with E-state index in [1.54, 1.807) is 48.0 Å². The molecule has 272 valence electrons. The van der Waals surface area contributed by atoms with Gasteiger partial charge in [0.25, 0.3) is 5.91 Å². The Labute approximate surface area is 286 Å². The summed E-state index contributed by atoms with van der Waals surface area (Å²) >= 11 is 0. The lowest BCUT2D eigenvalue weighted by Gasteiger charge is -2.40. The normalized spacial score (nSPS) is 19.5. The molecule has 0 unspecified atom stereocenters. The lowest BCUT2D eigenvalue weighted by molar-refractivity contribution is -0.146. The van der Waals surface area contributed by atoms with Crippen LogP contribution in [-0.4, -0.2) is 112 Å². The molecule has 0 aliphatic carbocycles. The molecule has 1 fully saturated rings. The van der Waals surface area contributed by atoms with E-state index >= 15 is 0 Å². The van der Waals surface area contributed by atoms with Crippen LogP contribution in [0.4, 0.5) is 0 Å². The minimum absolute atomic E-state index is 0.0123. The van der Waals surface area contributed by atoms with E-state index in [4.69, 9.17) is 15.2 Å². The molecular formula is C34H57N5O8S. The van der Waals surface area contributed by atoms with Gasteiger partial charge in [0, 0.05) is 34.2 Å². The summed E-state index contributed by atoms with van der Waals surface area (Å²) in [5, 5.41) is 2.72. The largest absolute Gasteiger partial charge is 0.379 e. The Hall–Kier alpha value is -3.07. The summed E-state index contributed by atoms with van der Waals surface area (Å²) in [7, 11) is 0.846. The van der Waals surface area contributed by atoms with Gasteiger partial charge in [-0.2, -0.15) is 0 Å². The topological polar surface area (TPSA) is 177 Å². The lowest BCUT2D eigenvalue weighted by atomic mass is 9.89. The molecule has 1 aromatic rings. The summed E-state index contributed by atoms with van der Waals surface area (Å²) in [5.41, 5.74) is 6.94. The van der Waals surface area contributed by atoms with Crippen molar-refractivity contribution in [1.29, 1.82) is 0 Å². The molecule has 2 rings (SSSR count). The molecule has 0 bridgehead atoms. The van der Waals surface area contributed by atoms with Crippen LogP contribution in [0.25, 0.3) is 0 Å². The van der Waals surface area contributed by atoms with Gasteiger partial charge in [0.05, 0.1) is 48.9 Å². The third-order valence-electron chi connectivity index (χ3n) is 9.46. The Morgan fingerprint density at radius 1 is 1.04 bits per heavy atom. The number of benzene rings is 1. The summed E-state index contributed by atoms with van der Waals surface area (Å²) in [5.74, 6) is -2.60. The van der Waals surface area contributed by atoms with E-state index in [9.17, 15) is 27.6 Å². The van der Waals surface area contributed by atoms with Crippen molar-refractivity contribution < 1.29 is 37.1 Å². The van der Waals surface area contributed by atoms with Crippen LogP contribution in [0, 0.1) is 17.8 Å². The van der Waals surface area contributed by atoms with Crippen molar-refractivity contribution in [3.63, 3.8) is 0 Å². The Morgan fingerprint density at radius 2 is 1.67 bits per heavy atom. The molecule has 4 amide bonds. The van der Waals surface area contributed by atoms with Crippen LogP contribution in [0.5, 0.6) is 0 Å². The van der Waals surface area contributed by atoms with Crippen LogP contribution in [0.2, 0.25) is 0 Å². The smallest absolute Gasteiger partial charge is 0.256 e. The number of nitrogens with two attached hydrogens (primary N) is 1. The number of carbonyl (C=O) groups is 4. The van der Waals surface area contributed by atoms with Gasteiger partial charge in [-0.25, -0.2) is 8.42 Å². The first kappa shape index (κ1) is 41.1. The maximum Gasteiger partial charge on any atom is 0.256 e. The lowest BCUT2D eigenvalue weighted by Crippen LogP contribution is -2.56. The van der Waals surface area contributed by atoms with Gasteiger partial charge < -0.3 is 30.3 Å². The maximum atomic E-state index is 13.9. The van der Waals surface area contributed by atoms with E-state index in [2.05, 4.69) is 5.32 Å². The summed E-state index contributed by atoms with van der Waals surface area (Å²) < 4.78 is 37.3. The number of methoxy groups -OCH3 is 2. The van der Waals surface area contributed by atoms with E-state index in [0.29, 0.717) is 19.4 Å². The second-order valence-electron chi connectivity index (χ2n) is 13.3. The maximum absolute atomic E-state index is 13.9. The predicted molar refractivity (Wildman–Crippen MR) is 184 cm³/mol. The highest BCUT2D eigenvalue weighted by Gasteiger charge is 2.43. The van der Waals surface area contributed by atoms with Crippen LogP contribution < -0.4 is 15.8 Å². The van der Waals surface area contributed by atoms with Gasteiger partial charge in [-0.3, -0.25) is 23.9 Å². The molecule has 1 aliphatic heterocycles. The van der Waals surface area contributed by atoms with Crippen molar-refractivity contribution in [2.45, 2.75) is 103 Å². The van der Waals surface area contributed by atoms with Crippen molar-refractivity contribution in [1.82, 2.24) is 19.8 Å².